The highest BCUT2D eigenvalue weighted by molar-refractivity contribution is 5.76. The van der Waals surface area contributed by atoms with Gasteiger partial charge in [0.2, 0.25) is 5.91 Å². The maximum Gasteiger partial charge on any atom is 0.221 e. The molecule has 0 aromatic heterocycles. The van der Waals surface area contributed by atoms with Crippen molar-refractivity contribution in [3.8, 4) is 0 Å². The number of hydrogen-bond donors (Lipinski definition) is 2. The standard InChI is InChI=1S/C14H28N2O2/c1-11(2)10-16-14(17)8-9-15-12-6-4-5-7-13(12)18-3/h11-13,15H,4-10H2,1-3H3,(H,16,17). The van der Waals surface area contributed by atoms with Gasteiger partial charge in [-0.05, 0) is 18.8 Å². The molecule has 2 N–H and O–H groups in total. The Kier molecular flexibility index (Phi) is 7.28. The number of methoxy groups -OCH3 is 1. The first-order valence-electron chi connectivity index (χ1n) is 7.16. The molecule has 0 spiro atoms. The van der Waals surface area contributed by atoms with Crippen molar-refractivity contribution in [1.82, 2.24) is 10.6 Å². The zero-order chi connectivity index (χ0) is 13.4. The van der Waals surface area contributed by atoms with Crippen molar-refractivity contribution in [3.05, 3.63) is 0 Å². The molecule has 0 saturated heterocycles. The number of nitrogens with one attached hydrogen (secondary N) is 2. The molecule has 1 saturated carbocycles. The first-order valence-corrected chi connectivity index (χ1v) is 7.16. The third-order valence-electron chi connectivity index (χ3n) is 3.47. The average molecular weight is 256 g/mol. The fourth-order valence-corrected chi connectivity index (χ4v) is 2.39. The minimum absolute atomic E-state index is 0.140. The van der Waals surface area contributed by atoms with E-state index in [0.29, 0.717) is 24.5 Å². The molecule has 4 nitrogen and oxygen atoms in total. The van der Waals surface area contributed by atoms with Crippen molar-refractivity contribution < 1.29 is 9.53 Å². The highest BCUT2D eigenvalue weighted by Gasteiger charge is 2.24. The SMILES string of the molecule is COC1CCCCC1NCCC(=O)NCC(C)C. The van der Waals surface area contributed by atoms with Crippen molar-refractivity contribution >= 4 is 5.91 Å². The summed E-state index contributed by atoms with van der Waals surface area (Å²) in [5.74, 6) is 0.652. The monoisotopic (exact) mass is 256 g/mol. The molecule has 1 rings (SSSR count). The van der Waals surface area contributed by atoms with E-state index < -0.39 is 0 Å². The van der Waals surface area contributed by atoms with E-state index in [1.54, 1.807) is 7.11 Å². The van der Waals surface area contributed by atoms with E-state index in [1.807, 2.05) is 0 Å². The molecule has 2 atom stereocenters. The number of rotatable bonds is 7. The lowest BCUT2D eigenvalue weighted by atomic mass is 9.92. The normalized spacial score (nSPS) is 24.2. The summed E-state index contributed by atoms with van der Waals surface area (Å²) in [6.07, 6.45) is 5.68. The molecule has 1 amide bonds. The molecular formula is C14H28N2O2. The predicted molar refractivity (Wildman–Crippen MR) is 73.5 cm³/mol. The van der Waals surface area contributed by atoms with E-state index >= 15 is 0 Å². The quantitative estimate of drug-likeness (QED) is 0.729. The molecule has 1 aliphatic rings. The summed E-state index contributed by atoms with van der Waals surface area (Å²) in [5.41, 5.74) is 0. The fourth-order valence-electron chi connectivity index (χ4n) is 2.39. The van der Waals surface area contributed by atoms with Crippen LogP contribution in [0.5, 0.6) is 0 Å². The number of ether oxygens (including phenoxy) is 1. The van der Waals surface area contributed by atoms with Crippen LogP contribution in [0.2, 0.25) is 0 Å². The van der Waals surface area contributed by atoms with Gasteiger partial charge in [0.1, 0.15) is 0 Å². The van der Waals surface area contributed by atoms with Gasteiger partial charge in [-0.15, -0.1) is 0 Å². The Labute approximate surface area is 111 Å². The zero-order valence-electron chi connectivity index (χ0n) is 12.0. The lowest BCUT2D eigenvalue weighted by Gasteiger charge is -2.31. The third-order valence-corrected chi connectivity index (χ3v) is 3.47. The summed E-state index contributed by atoms with van der Waals surface area (Å²) in [4.78, 5) is 11.6. The number of amides is 1. The van der Waals surface area contributed by atoms with Crippen LogP contribution in [0.25, 0.3) is 0 Å². The molecule has 0 heterocycles. The van der Waals surface area contributed by atoms with E-state index in [2.05, 4.69) is 24.5 Å². The maximum absolute atomic E-state index is 11.6. The van der Waals surface area contributed by atoms with Gasteiger partial charge in [0.15, 0.2) is 0 Å². The molecule has 0 aliphatic heterocycles. The Hall–Kier alpha value is -0.610. The summed E-state index contributed by atoms with van der Waals surface area (Å²) in [6.45, 7) is 5.71. The second-order valence-corrected chi connectivity index (χ2v) is 5.57. The molecular weight excluding hydrogens is 228 g/mol. The van der Waals surface area contributed by atoms with Crippen LogP contribution in [0.1, 0.15) is 46.0 Å². The molecule has 0 bridgehead atoms. The van der Waals surface area contributed by atoms with Gasteiger partial charge in [0.05, 0.1) is 6.10 Å². The van der Waals surface area contributed by atoms with Gasteiger partial charge >= 0.3 is 0 Å². The van der Waals surface area contributed by atoms with E-state index in [0.717, 1.165) is 25.9 Å². The summed E-state index contributed by atoms with van der Waals surface area (Å²) in [5, 5.41) is 6.39. The van der Waals surface area contributed by atoms with Gasteiger partial charge in [-0.1, -0.05) is 26.7 Å². The lowest BCUT2D eigenvalue weighted by molar-refractivity contribution is -0.121. The third kappa shape index (κ3) is 5.83. The van der Waals surface area contributed by atoms with Crippen molar-refractivity contribution in [1.29, 1.82) is 0 Å². The van der Waals surface area contributed by atoms with E-state index in [1.165, 1.54) is 12.8 Å². The zero-order valence-corrected chi connectivity index (χ0v) is 12.0. The van der Waals surface area contributed by atoms with E-state index in [-0.39, 0.29) is 5.91 Å². The van der Waals surface area contributed by atoms with Gasteiger partial charge in [0, 0.05) is 32.7 Å². The van der Waals surface area contributed by atoms with E-state index in [9.17, 15) is 4.79 Å². The van der Waals surface area contributed by atoms with Gasteiger partial charge in [0.25, 0.3) is 0 Å². The smallest absolute Gasteiger partial charge is 0.221 e. The van der Waals surface area contributed by atoms with Crippen LogP contribution >= 0.6 is 0 Å². The molecule has 0 aromatic carbocycles. The molecule has 2 unspecified atom stereocenters. The molecule has 0 aromatic rings. The topological polar surface area (TPSA) is 50.4 Å². The Morgan fingerprint density at radius 1 is 1.33 bits per heavy atom. The maximum atomic E-state index is 11.6. The molecule has 1 fully saturated rings. The van der Waals surface area contributed by atoms with Crippen molar-refractivity contribution in [2.45, 2.75) is 58.1 Å². The van der Waals surface area contributed by atoms with Crippen LogP contribution in [-0.4, -0.2) is 38.3 Å². The van der Waals surface area contributed by atoms with Crippen LogP contribution < -0.4 is 10.6 Å². The van der Waals surface area contributed by atoms with E-state index in [4.69, 9.17) is 4.74 Å². The average Bonchev–Trinajstić information content (AvgIpc) is 2.37. The Morgan fingerprint density at radius 2 is 2.06 bits per heavy atom. The van der Waals surface area contributed by atoms with Crippen LogP contribution in [-0.2, 0) is 9.53 Å². The van der Waals surface area contributed by atoms with Crippen LogP contribution in [0.3, 0.4) is 0 Å². The van der Waals surface area contributed by atoms with Gasteiger partial charge < -0.3 is 15.4 Å². The van der Waals surface area contributed by atoms with Crippen LogP contribution in [0.15, 0.2) is 0 Å². The molecule has 18 heavy (non-hydrogen) atoms. The predicted octanol–water partition coefficient (Wildman–Crippen LogP) is 1.70. The number of hydrogen-bond acceptors (Lipinski definition) is 3. The van der Waals surface area contributed by atoms with Gasteiger partial charge in [-0.25, -0.2) is 0 Å². The first-order chi connectivity index (χ1) is 8.63. The summed E-state index contributed by atoms with van der Waals surface area (Å²) < 4.78 is 5.48. The number of carbonyl (C=O) groups excluding carboxylic acids is 1. The van der Waals surface area contributed by atoms with Crippen molar-refractivity contribution in [3.63, 3.8) is 0 Å². The van der Waals surface area contributed by atoms with Crippen molar-refractivity contribution in [2.75, 3.05) is 20.2 Å². The molecule has 1 aliphatic carbocycles. The Bertz CT molecular complexity index is 244. The van der Waals surface area contributed by atoms with Crippen LogP contribution in [0, 0.1) is 5.92 Å². The minimum atomic E-state index is 0.140. The molecule has 106 valence electrons. The summed E-state index contributed by atoms with van der Waals surface area (Å²) in [7, 11) is 1.78. The number of carbonyl (C=O) groups is 1. The Morgan fingerprint density at radius 3 is 2.72 bits per heavy atom. The summed E-state index contributed by atoms with van der Waals surface area (Å²) >= 11 is 0. The second-order valence-electron chi connectivity index (χ2n) is 5.57. The summed E-state index contributed by atoms with van der Waals surface area (Å²) in [6, 6.07) is 0.418. The Balaban J connectivity index is 2.14. The largest absolute Gasteiger partial charge is 0.380 e. The van der Waals surface area contributed by atoms with Crippen LogP contribution in [0.4, 0.5) is 0 Å². The second kappa shape index (κ2) is 8.48. The fraction of sp³-hybridized carbons (Fsp3) is 0.929. The molecule has 0 radical (unpaired) electrons. The van der Waals surface area contributed by atoms with Crippen molar-refractivity contribution in [2.24, 2.45) is 5.92 Å². The highest BCUT2D eigenvalue weighted by Crippen LogP contribution is 2.20. The van der Waals surface area contributed by atoms with Gasteiger partial charge in [-0.3, -0.25) is 4.79 Å². The minimum Gasteiger partial charge on any atom is -0.380 e. The highest BCUT2D eigenvalue weighted by atomic mass is 16.5. The first kappa shape index (κ1) is 15.4. The van der Waals surface area contributed by atoms with Gasteiger partial charge in [-0.2, -0.15) is 0 Å². The molecule has 4 heteroatoms. The lowest BCUT2D eigenvalue weighted by Crippen LogP contribution is -2.44.